The van der Waals surface area contributed by atoms with Crippen LogP contribution < -0.4 is 26.4 Å². The number of ether oxygens (including phenoxy) is 1. The highest BCUT2D eigenvalue weighted by Crippen LogP contribution is 2.21. The largest absolute Gasteiger partial charge is 0.496 e. The summed E-state index contributed by atoms with van der Waals surface area (Å²) in [7, 11) is 1.50. The van der Waals surface area contributed by atoms with Gasteiger partial charge in [-0.2, -0.15) is 0 Å². The SMILES string of the molecule is COc1ccccc1C(=O)Nc1cccc(NC(=O)Nc2cccc(C(=N)N)c2)c1. The molecule has 0 unspecified atom stereocenters. The van der Waals surface area contributed by atoms with Crippen LogP contribution in [-0.4, -0.2) is 24.9 Å². The number of anilines is 3. The Hall–Kier alpha value is -4.33. The van der Waals surface area contributed by atoms with Crippen LogP contribution in [0.25, 0.3) is 0 Å². The molecule has 0 spiro atoms. The Bertz CT molecular complexity index is 1100. The van der Waals surface area contributed by atoms with Gasteiger partial charge in [0, 0.05) is 22.6 Å². The summed E-state index contributed by atoms with van der Waals surface area (Å²) >= 11 is 0. The number of rotatable bonds is 6. The number of hydrogen-bond donors (Lipinski definition) is 5. The van der Waals surface area contributed by atoms with Crippen molar-refractivity contribution in [3.63, 3.8) is 0 Å². The van der Waals surface area contributed by atoms with E-state index >= 15 is 0 Å². The van der Waals surface area contributed by atoms with Crippen LogP contribution in [-0.2, 0) is 0 Å². The van der Waals surface area contributed by atoms with E-state index in [1.165, 1.54) is 7.11 Å². The van der Waals surface area contributed by atoms with E-state index in [0.29, 0.717) is 33.9 Å². The first-order chi connectivity index (χ1) is 14.5. The van der Waals surface area contributed by atoms with Crippen LogP contribution in [0.4, 0.5) is 21.9 Å². The summed E-state index contributed by atoms with van der Waals surface area (Å²) < 4.78 is 5.21. The molecule has 0 bridgehead atoms. The highest BCUT2D eigenvalue weighted by atomic mass is 16.5. The first-order valence-corrected chi connectivity index (χ1v) is 9.03. The molecule has 3 amide bonds. The number of nitrogens with one attached hydrogen (secondary N) is 4. The second-order valence-electron chi connectivity index (χ2n) is 6.31. The molecule has 0 atom stereocenters. The highest BCUT2D eigenvalue weighted by molar-refractivity contribution is 6.07. The van der Waals surface area contributed by atoms with Crippen molar-refractivity contribution in [1.82, 2.24) is 0 Å². The molecule has 3 rings (SSSR count). The smallest absolute Gasteiger partial charge is 0.323 e. The first-order valence-electron chi connectivity index (χ1n) is 9.03. The van der Waals surface area contributed by atoms with Crippen molar-refractivity contribution in [2.24, 2.45) is 5.73 Å². The maximum absolute atomic E-state index is 12.5. The number of hydrogen-bond acceptors (Lipinski definition) is 4. The van der Waals surface area contributed by atoms with Gasteiger partial charge < -0.3 is 26.4 Å². The van der Waals surface area contributed by atoms with Crippen LogP contribution >= 0.6 is 0 Å². The zero-order chi connectivity index (χ0) is 21.5. The van der Waals surface area contributed by atoms with Gasteiger partial charge in [0.05, 0.1) is 12.7 Å². The lowest BCUT2D eigenvalue weighted by Gasteiger charge is -2.11. The number of carbonyl (C=O) groups is 2. The lowest BCUT2D eigenvalue weighted by Crippen LogP contribution is -2.20. The van der Waals surface area contributed by atoms with Gasteiger partial charge in [-0.15, -0.1) is 0 Å². The molecule has 0 radical (unpaired) electrons. The minimum atomic E-state index is -0.469. The van der Waals surface area contributed by atoms with E-state index < -0.39 is 6.03 Å². The average molecular weight is 403 g/mol. The molecule has 3 aromatic carbocycles. The number of nitrogens with two attached hydrogens (primary N) is 1. The number of para-hydroxylation sites is 1. The van der Waals surface area contributed by atoms with Crippen molar-refractivity contribution in [1.29, 1.82) is 5.41 Å². The molecule has 0 aliphatic heterocycles. The van der Waals surface area contributed by atoms with Crippen molar-refractivity contribution < 1.29 is 14.3 Å². The molecule has 0 fully saturated rings. The normalized spacial score (nSPS) is 10.0. The third-order valence-electron chi connectivity index (χ3n) is 4.16. The van der Waals surface area contributed by atoms with Gasteiger partial charge in [0.15, 0.2) is 0 Å². The van der Waals surface area contributed by atoms with Crippen LogP contribution in [0.5, 0.6) is 5.75 Å². The number of methoxy groups -OCH3 is 1. The molecule has 0 aliphatic carbocycles. The molecule has 0 saturated heterocycles. The van der Waals surface area contributed by atoms with E-state index in [1.54, 1.807) is 72.8 Å². The number of amidine groups is 1. The van der Waals surface area contributed by atoms with Crippen molar-refractivity contribution >= 4 is 34.8 Å². The van der Waals surface area contributed by atoms with Crippen LogP contribution in [0.3, 0.4) is 0 Å². The van der Waals surface area contributed by atoms with E-state index in [-0.39, 0.29) is 11.7 Å². The molecule has 6 N–H and O–H groups in total. The van der Waals surface area contributed by atoms with E-state index in [0.717, 1.165) is 0 Å². The summed E-state index contributed by atoms with van der Waals surface area (Å²) in [6.07, 6.45) is 0. The standard InChI is InChI=1S/C22H21N5O3/c1-30-19-11-3-2-10-18(19)21(28)25-16-8-5-9-17(13-16)27-22(29)26-15-7-4-6-14(12-15)20(23)24/h2-13H,1H3,(H3,23,24)(H,25,28)(H2,26,27,29). The number of amides is 3. The minimum absolute atomic E-state index is 0.0856. The fourth-order valence-corrected chi connectivity index (χ4v) is 2.76. The van der Waals surface area contributed by atoms with Gasteiger partial charge >= 0.3 is 6.03 Å². The topological polar surface area (TPSA) is 129 Å². The predicted octanol–water partition coefficient (Wildman–Crippen LogP) is 3.88. The van der Waals surface area contributed by atoms with Crippen molar-refractivity contribution in [2.45, 2.75) is 0 Å². The van der Waals surface area contributed by atoms with Gasteiger partial charge in [-0.3, -0.25) is 10.2 Å². The van der Waals surface area contributed by atoms with Crippen LogP contribution in [0, 0.1) is 5.41 Å². The van der Waals surface area contributed by atoms with Gasteiger partial charge in [-0.05, 0) is 42.5 Å². The summed E-state index contributed by atoms with van der Waals surface area (Å²) in [4.78, 5) is 24.8. The fourth-order valence-electron chi connectivity index (χ4n) is 2.76. The van der Waals surface area contributed by atoms with Gasteiger partial charge in [-0.25, -0.2) is 4.79 Å². The molecule has 0 aromatic heterocycles. The minimum Gasteiger partial charge on any atom is -0.496 e. The molecule has 8 nitrogen and oxygen atoms in total. The molecule has 3 aromatic rings. The Morgan fingerprint density at radius 2 is 1.43 bits per heavy atom. The lowest BCUT2D eigenvalue weighted by molar-refractivity contribution is 0.102. The average Bonchev–Trinajstić information content (AvgIpc) is 2.74. The molecular weight excluding hydrogens is 382 g/mol. The predicted molar refractivity (Wildman–Crippen MR) is 117 cm³/mol. The summed E-state index contributed by atoms with van der Waals surface area (Å²) in [6, 6.07) is 19.9. The summed E-state index contributed by atoms with van der Waals surface area (Å²) in [6.45, 7) is 0. The van der Waals surface area contributed by atoms with Crippen LogP contribution in [0.15, 0.2) is 72.8 Å². The van der Waals surface area contributed by atoms with Crippen LogP contribution in [0.2, 0.25) is 0 Å². The molecule has 0 heterocycles. The monoisotopic (exact) mass is 403 g/mol. The van der Waals surface area contributed by atoms with Crippen molar-refractivity contribution in [3.8, 4) is 5.75 Å². The Kier molecular flexibility index (Phi) is 6.29. The Morgan fingerprint density at radius 3 is 2.10 bits per heavy atom. The zero-order valence-corrected chi connectivity index (χ0v) is 16.2. The third kappa shape index (κ3) is 5.14. The van der Waals surface area contributed by atoms with E-state index in [4.69, 9.17) is 15.9 Å². The number of urea groups is 1. The van der Waals surface area contributed by atoms with Gasteiger partial charge in [0.25, 0.3) is 5.91 Å². The Balaban J connectivity index is 1.66. The van der Waals surface area contributed by atoms with E-state index in [1.807, 2.05) is 0 Å². The molecule has 8 heteroatoms. The van der Waals surface area contributed by atoms with Crippen molar-refractivity contribution in [2.75, 3.05) is 23.1 Å². The Labute approximate surface area is 173 Å². The zero-order valence-electron chi connectivity index (χ0n) is 16.2. The van der Waals surface area contributed by atoms with Gasteiger partial charge in [0.2, 0.25) is 0 Å². The second-order valence-corrected chi connectivity index (χ2v) is 6.31. The Morgan fingerprint density at radius 1 is 0.833 bits per heavy atom. The van der Waals surface area contributed by atoms with Gasteiger partial charge in [-0.1, -0.05) is 30.3 Å². The maximum atomic E-state index is 12.5. The quantitative estimate of drug-likeness (QED) is 0.316. The fraction of sp³-hybridized carbons (Fsp3) is 0.0455. The van der Waals surface area contributed by atoms with Gasteiger partial charge in [0.1, 0.15) is 11.6 Å². The van der Waals surface area contributed by atoms with Crippen LogP contribution in [0.1, 0.15) is 15.9 Å². The second kappa shape index (κ2) is 9.24. The number of benzene rings is 3. The highest BCUT2D eigenvalue weighted by Gasteiger charge is 2.12. The first kappa shape index (κ1) is 20.4. The molecule has 0 aliphatic rings. The number of nitrogen functional groups attached to an aromatic ring is 1. The summed E-state index contributed by atoms with van der Waals surface area (Å²) in [5.74, 6) is 0.0593. The lowest BCUT2D eigenvalue weighted by atomic mass is 10.2. The third-order valence-corrected chi connectivity index (χ3v) is 4.16. The number of carbonyl (C=O) groups excluding carboxylic acids is 2. The van der Waals surface area contributed by atoms with E-state index in [9.17, 15) is 9.59 Å². The van der Waals surface area contributed by atoms with Crippen molar-refractivity contribution in [3.05, 3.63) is 83.9 Å². The molecular formula is C22H21N5O3. The van der Waals surface area contributed by atoms with E-state index in [2.05, 4.69) is 16.0 Å². The molecule has 30 heavy (non-hydrogen) atoms. The summed E-state index contributed by atoms with van der Waals surface area (Å²) in [5.41, 5.74) is 7.89. The maximum Gasteiger partial charge on any atom is 0.323 e. The molecule has 0 saturated carbocycles. The molecule has 152 valence electrons. The summed E-state index contributed by atoms with van der Waals surface area (Å²) in [5, 5.41) is 15.6.